The SMILES string of the molecule is COc1ccc(S(=O)(=O)N2CCC(c3c[nH]c4ccc(F)cc34)CC2)cc1. The minimum atomic E-state index is -3.52. The molecule has 7 heteroatoms. The highest BCUT2D eigenvalue weighted by Gasteiger charge is 2.30. The summed E-state index contributed by atoms with van der Waals surface area (Å²) in [5, 5.41) is 0.881. The second kappa shape index (κ2) is 6.98. The first-order valence-electron chi connectivity index (χ1n) is 8.90. The molecule has 1 N–H and O–H groups in total. The van der Waals surface area contributed by atoms with E-state index in [1.54, 1.807) is 43.5 Å². The Morgan fingerprint density at radius 3 is 2.48 bits per heavy atom. The van der Waals surface area contributed by atoms with Gasteiger partial charge in [-0.25, -0.2) is 12.8 Å². The molecule has 1 aliphatic rings. The van der Waals surface area contributed by atoms with Gasteiger partial charge in [-0.3, -0.25) is 0 Å². The van der Waals surface area contributed by atoms with Crippen LogP contribution in [0.3, 0.4) is 0 Å². The van der Waals surface area contributed by atoms with E-state index in [2.05, 4.69) is 4.98 Å². The average molecular weight is 388 g/mol. The Labute approximate surface area is 157 Å². The van der Waals surface area contributed by atoms with Crippen molar-refractivity contribution in [1.29, 1.82) is 0 Å². The second-order valence-electron chi connectivity index (χ2n) is 6.79. The van der Waals surface area contributed by atoms with Crippen LogP contribution in [-0.4, -0.2) is 37.9 Å². The van der Waals surface area contributed by atoms with Crippen LogP contribution >= 0.6 is 0 Å². The Hall–Kier alpha value is -2.38. The zero-order chi connectivity index (χ0) is 19.0. The maximum atomic E-state index is 13.6. The van der Waals surface area contributed by atoms with Gasteiger partial charge in [-0.1, -0.05) is 0 Å². The number of piperidine rings is 1. The summed E-state index contributed by atoms with van der Waals surface area (Å²) in [7, 11) is -1.97. The third-order valence-corrected chi connectivity index (χ3v) is 7.18. The molecule has 0 unspecified atom stereocenters. The Kier molecular flexibility index (Phi) is 4.65. The van der Waals surface area contributed by atoms with Crippen LogP contribution in [0.1, 0.15) is 24.3 Å². The zero-order valence-corrected chi connectivity index (χ0v) is 15.8. The number of nitrogens with one attached hydrogen (secondary N) is 1. The van der Waals surface area contributed by atoms with Gasteiger partial charge in [0.1, 0.15) is 11.6 Å². The van der Waals surface area contributed by atoms with Gasteiger partial charge in [0.05, 0.1) is 12.0 Å². The van der Waals surface area contributed by atoms with Crippen LogP contribution in [0.15, 0.2) is 53.6 Å². The van der Waals surface area contributed by atoms with Crippen molar-refractivity contribution in [2.75, 3.05) is 20.2 Å². The van der Waals surface area contributed by atoms with Crippen molar-refractivity contribution in [3.05, 3.63) is 60.0 Å². The minimum Gasteiger partial charge on any atom is -0.497 e. The molecule has 4 rings (SSSR count). The van der Waals surface area contributed by atoms with E-state index in [1.165, 1.54) is 10.4 Å². The molecule has 0 amide bonds. The summed E-state index contributed by atoms with van der Waals surface area (Å²) in [6.07, 6.45) is 3.33. The number of halogens is 1. The van der Waals surface area contributed by atoms with E-state index in [0.29, 0.717) is 31.7 Å². The van der Waals surface area contributed by atoms with Gasteiger partial charge in [-0.15, -0.1) is 0 Å². The molecule has 5 nitrogen and oxygen atoms in total. The third-order valence-electron chi connectivity index (χ3n) is 5.27. The number of nitrogens with zero attached hydrogens (tertiary/aromatic N) is 1. The number of sulfonamides is 1. The number of aromatic amines is 1. The van der Waals surface area contributed by atoms with Crippen molar-refractivity contribution in [3.63, 3.8) is 0 Å². The highest BCUT2D eigenvalue weighted by molar-refractivity contribution is 7.89. The maximum Gasteiger partial charge on any atom is 0.243 e. The van der Waals surface area contributed by atoms with E-state index in [9.17, 15) is 12.8 Å². The first-order chi connectivity index (χ1) is 13.0. The average Bonchev–Trinajstić information content (AvgIpc) is 3.11. The Morgan fingerprint density at radius 1 is 1.11 bits per heavy atom. The molecule has 1 aliphatic heterocycles. The van der Waals surface area contributed by atoms with Gasteiger partial charge in [-0.05, 0) is 66.8 Å². The number of benzene rings is 2. The van der Waals surface area contributed by atoms with Crippen LogP contribution in [0.25, 0.3) is 10.9 Å². The van der Waals surface area contributed by atoms with Crippen molar-refractivity contribution in [2.24, 2.45) is 0 Å². The number of ether oxygens (including phenoxy) is 1. The molecule has 0 aliphatic carbocycles. The number of rotatable bonds is 4. The topological polar surface area (TPSA) is 62.4 Å². The Morgan fingerprint density at radius 2 is 1.81 bits per heavy atom. The predicted octanol–water partition coefficient (Wildman–Crippen LogP) is 3.88. The molecular formula is C20H21FN2O3S. The number of hydrogen-bond acceptors (Lipinski definition) is 3. The monoisotopic (exact) mass is 388 g/mol. The second-order valence-corrected chi connectivity index (χ2v) is 8.73. The Bertz CT molecular complexity index is 1050. The summed E-state index contributed by atoms with van der Waals surface area (Å²) in [5.41, 5.74) is 1.96. The lowest BCUT2D eigenvalue weighted by Crippen LogP contribution is -2.37. The molecule has 0 atom stereocenters. The van der Waals surface area contributed by atoms with Crippen molar-refractivity contribution in [2.45, 2.75) is 23.7 Å². The molecule has 1 aromatic heterocycles. The van der Waals surface area contributed by atoms with Crippen molar-refractivity contribution in [1.82, 2.24) is 9.29 Å². The van der Waals surface area contributed by atoms with Crippen LogP contribution in [0.5, 0.6) is 5.75 Å². The van der Waals surface area contributed by atoms with Gasteiger partial charge in [-0.2, -0.15) is 4.31 Å². The summed E-state index contributed by atoms with van der Waals surface area (Å²) in [4.78, 5) is 3.45. The quantitative estimate of drug-likeness (QED) is 0.738. The van der Waals surface area contributed by atoms with E-state index in [0.717, 1.165) is 16.5 Å². The number of H-pyrrole nitrogens is 1. The normalized spacial score (nSPS) is 16.7. The summed E-state index contributed by atoms with van der Waals surface area (Å²) < 4.78 is 46.0. The molecule has 1 fully saturated rings. The van der Waals surface area contributed by atoms with Gasteiger partial charge < -0.3 is 9.72 Å². The van der Waals surface area contributed by atoms with Crippen molar-refractivity contribution in [3.8, 4) is 5.75 Å². The van der Waals surface area contributed by atoms with E-state index in [1.807, 2.05) is 6.20 Å². The minimum absolute atomic E-state index is 0.211. The van der Waals surface area contributed by atoms with Crippen LogP contribution in [-0.2, 0) is 10.0 Å². The first-order valence-corrected chi connectivity index (χ1v) is 10.3. The lowest BCUT2D eigenvalue weighted by molar-refractivity contribution is 0.320. The molecule has 142 valence electrons. The third kappa shape index (κ3) is 3.33. The fourth-order valence-corrected chi connectivity index (χ4v) is 5.23. The number of methoxy groups -OCH3 is 1. The summed E-state index contributed by atoms with van der Waals surface area (Å²) in [6.45, 7) is 0.891. The lowest BCUT2D eigenvalue weighted by Gasteiger charge is -2.31. The van der Waals surface area contributed by atoms with Crippen molar-refractivity contribution < 1.29 is 17.5 Å². The number of aromatic nitrogens is 1. The lowest BCUT2D eigenvalue weighted by atomic mass is 9.90. The first kappa shape index (κ1) is 18.0. The maximum absolute atomic E-state index is 13.6. The van der Waals surface area contributed by atoms with E-state index in [-0.39, 0.29) is 16.6 Å². The van der Waals surface area contributed by atoms with Crippen LogP contribution in [0, 0.1) is 5.82 Å². The number of fused-ring (bicyclic) bond motifs is 1. The van der Waals surface area contributed by atoms with E-state index in [4.69, 9.17) is 4.74 Å². The van der Waals surface area contributed by atoms with Gasteiger partial charge in [0, 0.05) is 30.2 Å². The van der Waals surface area contributed by atoms with Gasteiger partial charge in [0.15, 0.2) is 0 Å². The van der Waals surface area contributed by atoms with Crippen LogP contribution in [0.2, 0.25) is 0 Å². The van der Waals surface area contributed by atoms with E-state index >= 15 is 0 Å². The van der Waals surface area contributed by atoms with Crippen molar-refractivity contribution >= 4 is 20.9 Å². The number of hydrogen-bond donors (Lipinski definition) is 1. The molecule has 3 aromatic rings. The fourth-order valence-electron chi connectivity index (χ4n) is 3.76. The standard InChI is InChI=1S/C20H21FN2O3S/c1-26-16-3-5-17(6-4-16)27(24,25)23-10-8-14(9-11-23)19-13-22-20-7-2-15(21)12-18(19)20/h2-7,12-14,22H,8-11H2,1H3. The molecule has 2 heterocycles. The molecule has 0 bridgehead atoms. The highest BCUT2D eigenvalue weighted by Crippen LogP contribution is 2.35. The fraction of sp³-hybridized carbons (Fsp3) is 0.300. The largest absolute Gasteiger partial charge is 0.497 e. The summed E-state index contributed by atoms with van der Waals surface area (Å²) in [6, 6.07) is 11.2. The molecule has 1 saturated heterocycles. The predicted molar refractivity (Wildman–Crippen MR) is 102 cm³/mol. The Balaban J connectivity index is 1.51. The highest BCUT2D eigenvalue weighted by atomic mass is 32.2. The molecule has 2 aromatic carbocycles. The molecule has 0 saturated carbocycles. The molecule has 0 spiro atoms. The zero-order valence-electron chi connectivity index (χ0n) is 15.0. The van der Waals surface area contributed by atoms with Gasteiger partial charge >= 0.3 is 0 Å². The van der Waals surface area contributed by atoms with Crippen LogP contribution in [0.4, 0.5) is 4.39 Å². The van der Waals surface area contributed by atoms with Gasteiger partial charge in [0.25, 0.3) is 0 Å². The molecular weight excluding hydrogens is 367 g/mol. The summed E-state index contributed by atoms with van der Waals surface area (Å²) >= 11 is 0. The van der Waals surface area contributed by atoms with Crippen LogP contribution < -0.4 is 4.74 Å². The van der Waals surface area contributed by atoms with Gasteiger partial charge in [0.2, 0.25) is 10.0 Å². The smallest absolute Gasteiger partial charge is 0.243 e. The molecule has 0 radical (unpaired) electrons. The summed E-state index contributed by atoms with van der Waals surface area (Å²) in [5.74, 6) is 0.574. The molecule has 27 heavy (non-hydrogen) atoms. The van der Waals surface area contributed by atoms with E-state index < -0.39 is 10.0 Å².